The first-order valence-electron chi connectivity index (χ1n) is 8.39. The van der Waals surface area contributed by atoms with Gasteiger partial charge in [0.25, 0.3) is 5.89 Å². The maximum absolute atomic E-state index is 13.0. The number of rotatable bonds is 4. The second kappa shape index (κ2) is 6.95. The summed E-state index contributed by atoms with van der Waals surface area (Å²) in [6, 6.07) is 5.79. The summed E-state index contributed by atoms with van der Waals surface area (Å²) in [5.41, 5.74) is 3.37. The van der Waals surface area contributed by atoms with Crippen LogP contribution in [0.15, 0.2) is 34.2 Å². The van der Waals surface area contributed by atoms with E-state index >= 15 is 0 Å². The number of aryl methyl sites for hydroxylation is 1. The second-order valence-corrected chi connectivity index (χ2v) is 7.12. The van der Waals surface area contributed by atoms with E-state index in [2.05, 4.69) is 15.2 Å². The molecule has 1 aromatic carbocycles. The Balaban J connectivity index is 1.51. The number of aromatic nitrogens is 3. The zero-order valence-corrected chi connectivity index (χ0v) is 15.0. The van der Waals surface area contributed by atoms with Gasteiger partial charge in [-0.05, 0) is 37.5 Å². The monoisotopic (exact) mass is 372 g/mol. The predicted octanol–water partition coefficient (Wildman–Crippen LogP) is 3.55. The van der Waals surface area contributed by atoms with Crippen LogP contribution in [-0.2, 0) is 11.2 Å². The molecule has 1 fully saturated rings. The van der Waals surface area contributed by atoms with E-state index in [1.165, 1.54) is 23.5 Å². The Morgan fingerprint density at radius 2 is 2.15 bits per heavy atom. The first-order valence-corrected chi connectivity index (χ1v) is 9.27. The minimum absolute atomic E-state index is 0.0205. The quantitative estimate of drug-likeness (QED) is 0.700. The fourth-order valence-corrected chi connectivity index (χ4v) is 3.89. The topological polar surface area (TPSA) is 72.1 Å². The van der Waals surface area contributed by atoms with Gasteiger partial charge >= 0.3 is 0 Å². The molecule has 6 nitrogen and oxygen atoms in total. The molecule has 1 aliphatic rings. The SMILES string of the molecule is Cc1ncsc1-c1nnc([C@H]2CCCN2C(=O)Cc2ccc(F)cc2)o1. The molecule has 4 rings (SSSR count). The molecule has 0 bridgehead atoms. The Morgan fingerprint density at radius 1 is 1.35 bits per heavy atom. The van der Waals surface area contributed by atoms with Gasteiger partial charge in [0.05, 0.1) is 17.6 Å². The minimum atomic E-state index is -0.308. The molecule has 3 heterocycles. The van der Waals surface area contributed by atoms with E-state index in [4.69, 9.17) is 4.42 Å². The molecule has 2 aromatic heterocycles. The van der Waals surface area contributed by atoms with Gasteiger partial charge in [0, 0.05) is 6.54 Å². The van der Waals surface area contributed by atoms with Crippen molar-refractivity contribution in [3.63, 3.8) is 0 Å². The molecule has 0 spiro atoms. The molecule has 8 heteroatoms. The summed E-state index contributed by atoms with van der Waals surface area (Å²) in [4.78, 5) is 19.5. The molecule has 0 saturated carbocycles. The van der Waals surface area contributed by atoms with Crippen LogP contribution in [0.1, 0.15) is 36.0 Å². The van der Waals surface area contributed by atoms with E-state index < -0.39 is 0 Å². The van der Waals surface area contributed by atoms with Crippen LogP contribution in [0.25, 0.3) is 10.8 Å². The molecule has 1 atom stereocenters. The van der Waals surface area contributed by atoms with Crippen molar-refractivity contribution in [2.24, 2.45) is 0 Å². The number of benzene rings is 1. The Morgan fingerprint density at radius 3 is 2.88 bits per heavy atom. The summed E-state index contributed by atoms with van der Waals surface area (Å²) in [6.45, 7) is 2.55. The Hall–Kier alpha value is -2.61. The Bertz CT molecular complexity index is 921. The average Bonchev–Trinajstić information content (AvgIpc) is 3.35. The van der Waals surface area contributed by atoms with Crippen molar-refractivity contribution in [1.29, 1.82) is 0 Å². The molecule has 26 heavy (non-hydrogen) atoms. The van der Waals surface area contributed by atoms with Crippen molar-refractivity contribution >= 4 is 17.2 Å². The summed E-state index contributed by atoms with van der Waals surface area (Å²) in [5.74, 6) is 0.570. The third kappa shape index (κ3) is 3.24. The maximum Gasteiger partial charge on any atom is 0.259 e. The van der Waals surface area contributed by atoms with Gasteiger partial charge in [0.2, 0.25) is 11.8 Å². The van der Waals surface area contributed by atoms with E-state index in [1.54, 1.807) is 22.5 Å². The first kappa shape index (κ1) is 16.8. The van der Waals surface area contributed by atoms with E-state index in [1.807, 2.05) is 6.92 Å². The van der Waals surface area contributed by atoms with Gasteiger partial charge in [-0.1, -0.05) is 12.1 Å². The van der Waals surface area contributed by atoms with Gasteiger partial charge in [-0.15, -0.1) is 21.5 Å². The number of amides is 1. The van der Waals surface area contributed by atoms with Gasteiger partial charge in [-0.3, -0.25) is 4.79 Å². The number of nitrogens with zero attached hydrogens (tertiary/aromatic N) is 4. The van der Waals surface area contributed by atoms with Crippen LogP contribution in [0.3, 0.4) is 0 Å². The predicted molar refractivity (Wildman–Crippen MR) is 93.9 cm³/mol. The molecule has 1 aliphatic heterocycles. The zero-order valence-electron chi connectivity index (χ0n) is 14.2. The molecule has 134 valence electrons. The van der Waals surface area contributed by atoms with E-state index in [0.29, 0.717) is 18.3 Å². The van der Waals surface area contributed by atoms with Crippen molar-refractivity contribution in [2.45, 2.75) is 32.2 Å². The maximum atomic E-state index is 13.0. The van der Waals surface area contributed by atoms with E-state index in [-0.39, 0.29) is 24.2 Å². The number of hydrogen-bond donors (Lipinski definition) is 0. The van der Waals surface area contributed by atoms with Gasteiger partial charge in [-0.25, -0.2) is 9.37 Å². The lowest BCUT2D eigenvalue weighted by molar-refractivity contribution is -0.131. The summed E-state index contributed by atoms with van der Waals surface area (Å²) in [7, 11) is 0. The van der Waals surface area contributed by atoms with Gasteiger partial charge in [0.15, 0.2) is 0 Å². The Labute approximate surface area is 153 Å². The number of halogens is 1. The smallest absolute Gasteiger partial charge is 0.259 e. The number of likely N-dealkylation sites (tertiary alicyclic amines) is 1. The van der Waals surface area contributed by atoms with Gasteiger partial charge in [-0.2, -0.15) is 0 Å². The van der Waals surface area contributed by atoms with Crippen LogP contribution in [-0.4, -0.2) is 32.5 Å². The first-order chi connectivity index (χ1) is 12.6. The fraction of sp³-hybridized carbons (Fsp3) is 0.333. The molecule has 1 saturated heterocycles. The van der Waals surface area contributed by atoms with Crippen LogP contribution < -0.4 is 0 Å². The molecule has 3 aromatic rings. The zero-order chi connectivity index (χ0) is 18.1. The summed E-state index contributed by atoms with van der Waals surface area (Å²) in [5, 5.41) is 8.29. The number of thiazole rings is 1. The summed E-state index contributed by atoms with van der Waals surface area (Å²) >= 11 is 1.45. The fourth-order valence-electron chi connectivity index (χ4n) is 3.17. The van der Waals surface area contributed by atoms with E-state index in [0.717, 1.165) is 29.0 Å². The lowest BCUT2D eigenvalue weighted by atomic mass is 10.1. The van der Waals surface area contributed by atoms with Crippen molar-refractivity contribution < 1.29 is 13.6 Å². The van der Waals surface area contributed by atoms with Crippen molar-refractivity contribution in [1.82, 2.24) is 20.1 Å². The standard InChI is InChI=1S/C18H17FN4O2S/c1-11-16(26-10-20-11)18-22-21-17(25-18)14-3-2-8-23(14)15(24)9-12-4-6-13(19)7-5-12/h4-7,10,14H,2-3,8-9H2,1H3/t14-/m1/s1. The van der Waals surface area contributed by atoms with Crippen LogP contribution in [0.4, 0.5) is 4.39 Å². The third-order valence-electron chi connectivity index (χ3n) is 4.51. The van der Waals surface area contributed by atoms with Crippen LogP contribution >= 0.6 is 11.3 Å². The van der Waals surface area contributed by atoms with Crippen LogP contribution in [0, 0.1) is 12.7 Å². The largest absolute Gasteiger partial charge is 0.418 e. The van der Waals surface area contributed by atoms with Crippen molar-refractivity contribution in [2.75, 3.05) is 6.54 Å². The van der Waals surface area contributed by atoms with Crippen LogP contribution in [0.2, 0.25) is 0 Å². The van der Waals surface area contributed by atoms with Crippen molar-refractivity contribution in [3.05, 3.63) is 52.7 Å². The van der Waals surface area contributed by atoms with Crippen molar-refractivity contribution in [3.8, 4) is 10.8 Å². The third-order valence-corrected chi connectivity index (χ3v) is 5.42. The lowest BCUT2D eigenvalue weighted by Gasteiger charge is -2.22. The molecule has 0 N–H and O–H groups in total. The van der Waals surface area contributed by atoms with Gasteiger partial charge in [0.1, 0.15) is 16.7 Å². The van der Waals surface area contributed by atoms with Gasteiger partial charge < -0.3 is 9.32 Å². The molecule has 0 radical (unpaired) electrons. The minimum Gasteiger partial charge on any atom is -0.418 e. The summed E-state index contributed by atoms with van der Waals surface area (Å²) in [6.07, 6.45) is 1.90. The highest BCUT2D eigenvalue weighted by molar-refractivity contribution is 7.13. The molecule has 0 aliphatic carbocycles. The second-order valence-electron chi connectivity index (χ2n) is 6.26. The molecular formula is C18H17FN4O2S. The number of carbonyl (C=O) groups is 1. The van der Waals surface area contributed by atoms with E-state index in [9.17, 15) is 9.18 Å². The Kier molecular flexibility index (Phi) is 4.50. The molecule has 0 unspecified atom stereocenters. The highest BCUT2D eigenvalue weighted by Gasteiger charge is 2.34. The highest BCUT2D eigenvalue weighted by Crippen LogP contribution is 2.34. The normalized spacial score (nSPS) is 17.0. The molecule has 1 amide bonds. The number of hydrogen-bond acceptors (Lipinski definition) is 6. The summed E-state index contributed by atoms with van der Waals surface area (Å²) < 4.78 is 18.9. The number of carbonyl (C=O) groups excluding carboxylic acids is 1. The lowest BCUT2D eigenvalue weighted by Crippen LogP contribution is -2.32. The average molecular weight is 372 g/mol. The highest BCUT2D eigenvalue weighted by atomic mass is 32.1. The van der Waals surface area contributed by atoms with Crippen LogP contribution in [0.5, 0.6) is 0 Å². The molecular weight excluding hydrogens is 355 g/mol.